The minimum Gasteiger partial charge on any atom is -0.299 e. The van der Waals surface area contributed by atoms with Crippen LogP contribution < -0.4 is 0 Å². The first-order valence-electron chi connectivity index (χ1n) is 7.55. The van der Waals surface area contributed by atoms with Gasteiger partial charge in [-0.1, -0.05) is 44.5 Å². The number of piperidine rings is 1. The topological polar surface area (TPSA) is 3.24 Å². The third kappa shape index (κ3) is 4.13. The molecule has 0 saturated carbocycles. The molecular formula is C17H27N. The molecule has 0 aromatic heterocycles. The zero-order valence-corrected chi connectivity index (χ0v) is 12.0. The lowest BCUT2D eigenvalue weighted by molar-refractivity contribution is 0.220. The second-order valence-electron chi connectivity index (χ2n) is 6.04. The van der Waals surface area contributed by atoms with Crippen LogP contribution in [0.15, 0.2) is 24.3 Å². The highest BCUT2D eigenvalue weighted by Gasteiger charge is 2.12. The molecule has 0 spiro atoms. The van der Waals surface area contributed by atoms with Crippen molar-refractivity contribution in [3.8, 4) is 0 Å². The van der Waals surface area contributed by atoms with Crippen LogP contribution in [0, 0.1) is 5.92 Å². The summed E-state index contributed by atoms with van der Waals surface area (Å²) < 4.78 is 0. The van der Waals surface area contributed by atoms with Crippen LogP contribution in [0.4, 0.5) is 0 Å². The first-order chi connectivity index (χ1) is 8.75. The van der Waals surface area contributed by atoms with E-state index < -0.39 is 0 Å². The lowest BCUT2D eigenvalue weighted by atomic mass is 9.98. The Balaban J connectivity index is 1.97. The van der Waals surface area contributed by atoms with Gasteiger partial charge in [0.05, 0.1) is 0 Å². The van der Waals surface area contributed by atoms with Crippen LogP contribution in [0.1, 0.15) is 50.7 Å². The SMILES string of the molecule is CC(C)CCc1ccccc1CN1CCCCC1. The summed E-state index contributed by atoms with van der Waals surface area (Å²) in [6.45, 7) is 8.37. The molecule has 100 valence electrons. The van der Waals surface area contributed by atoms with Gasteiger partial charge in [-0.05, 0) is 55.8 Å². The first kappa shape index (κ1) is 13.6. The van der Waals surface area contributed by atoms with Gasteiger partial charge in [-0.15, -0.1) is 0 Å². The van der Waals surface area contributed by atoms with Crippen molar-refractivity contribution >= 4 is 0 Å². The summed E-state index contributed by atoms with van der Waals surface area (Å²) in [5, 5.41) is 0. The Kier molecular flexibility index (Phi) is 5.25. The van der Waals surface area contributed by atoms with Gasteiger partial charge in [0.25, 0.3) is 0 Å². The molecule has 1 aromatic carbocycles. The van der Waals surface area contributed by atoms with E-state index >= 15 is 0 Å². The van der Waals surface area contributed by atoms with Gasteiger partial charge >= 0.3 is 0 Å². The molecule has 0 amide bonds. The second kappa shape index (κ2) is 6.94. The van der Waals surface area contributed by atoms with E-state index in [0.717, 1.165) is 12.5 Å². The zero-order chi connectivity index (χ0) is 12.8. The molecule has 1 heterocycles. The Morgan fingerprint density at radius 1 is 1.00 bits per heavy atom. The van der Waals surface area contributed by atoms with Gasteiger partial charge in [0.15, 0.2) is 0 Å². The fourth-order valence-electron chi connectivity index (χ4n) is 2.76. The van der Waals surface area contributed by atoms with Crippen molar-refractivity contribution in [3.05, 3.63) is 35.4 Å². The summed E-state index contributed by atoms with van der Waals surface area (Å²) in [7, 11) is 0. The first-order valence-corrected chi connectivity index (χ1v) is 7.55. The van der Waals surface area contributed by atoms with Crippen LogP contribution in [-0.2, 0) is 13.0 Å². The molecule has 0 atom stereocenters. The van der Waals surface area contributed by atoms with Gasteiger partial charge in [0.2, 0.25) is 0 Å². The van der Waals surface area contributed by atoms with E-state index in [1.165, 1.54) is 45.2 Å². The van der Waals surface area contributed by atoms with E-state index in [9.17, 15) is 0 Å². The van der Waals surface area contributed by atoms with E-state index in [1.807, 2.05) is 0 Å². The van der Waals surface area contributed by atoms with E-state index in [2.05, 4.69) is 43.0 Å². The van der Waals surface area contributed by atoms with Crippen molar-refractivity contribution < 1.29 is 0 Å². The quantitative estimate of drug-likeness (QED) is 0.749. The normalized spacial score (nSPS) is 17.3. The lowest BCUT2D eigenvalue weighted by Gasteiger charge is -2.27. The molecule has 1 aliphatic heterocycles. The van der Waals surface area contributed by atoms with Gasteiger partial charge in [0.1, 0.15) is 0 Å². The number of hydrogen-bond donors (Lipinski definition) is 0. The van der Waals surface area contributed by atoms with Crippen LogP contribution >= 0.6 is 0 Å². The number of rotatable bonds is 5. The third-order valence-electron chi connectivity index (χ3n) is 3.95. The van der Waals surface area contributed by atoms with Gasteiger partial charge in [-0.3, -0.25) is 4.90 Å². The molecule has 1 saturated heterocycles. The van der Waals surface area contributed by atoms with E-state index in [1.54, 1.807) is 11.1 Å². The highest BCUT2D eigenvalue weighted by atomic mass is 15.1. The maximum Gasteiger partial charge on any atom is 0.0236 e. The largest absolute Gasteiger partial charge is 0.299 e. The van der Waals surface area contributed by atoms with E-state index in [0.29, 0.717) is 0 Å². The Morgan fingerprint density at radius 3 is 2.33 bits per heavy atom. The Morgan fingerprint density at radius 2 is 1.67 bits per heavy atom. The minimum absolute atomic E-state index is 0.799. The summed E-state index contributed by atoms with van der Waals surface area (Å²) in [6.07, 6.45) is 6.73. The van der Waals surface area contributed by atoms with Crippen molar-refractivity contribution in [1.82, 2.24) is 4.90 Å². The van der Waals surface area contributed by atoms with Crippen LogP contribution in [0.25, 0.3) is 0 Å². The van der Waals surface area contributed by atoms with E-state index in [4.69, 9.17) is 0 Å². The molecule has 18 heavy (non-hydrogen) atoms. The molecule has 2 rings (SSSR count). The molecule has 1 aliphatic rings. The fraction of sp³-hybridized carbons (Fsp3) is 0.647. The molecule has 1 heteroatoms. The van der Waals surface area contributed by atoms with Crippen LogP contribution in [0.5, 0.6) is 0 Å². The standard InChI is InChI=1S/C17H27N/c1-15(2)10-11-16-8-4-5-9-17(16)14-18-12-6-3-7-13-18/h4-5,8-9,15H,3,6-7,10-14H2,1-2H3. The summed E-state index contributed by atoms with van der Waals surface area (Å²) in [6, 6.07) is 9.03. The molecule has 1 aromatic rings. The van der Waals surface area contributed by atoms with Crippen LogP contribution in [0.3, 0.4) is 0 Å². The van der Waals surface area contributed by atoms with Crippen molar-refractivity contribution in [2.24, 2.45) is 5.92 Å². The van der Waals surface area contributed by atoms with Crippen molar-refractivity contribution in [2.45, 2.75) is 52.5 Å². The monoisotopic (exact) mass is 245 g/mol. The van der Waals surface area contributed by atoms with Crippen molar-refractivity contribution in [2.75, 3.05) is 13.1 Å². The molecule has 0 unspecified atom stereocenters. The number of nitrogens with zero attached hydrogens (tertiary/aromatic N) is 1. The van der Waals surface area contributed by atoms with Gasteiger partial charge in [-0.2, -0.15) is 0 Å². The third-order valence-corrected chi connectivity index (χ3v) is 3.95. The summed E-state index contributed by atoms with van der Waals surface area (Å²) in [4.78, 5) is 2.62. The lowest BCUT2D eigenvalue weighted by Crippen LogP contribution is -2.29. The average molecular weight is 245 g/mol. The van der Waals surface area contributed by atoms with Gasteiger partial charge in [0, 0.05) is 6.54 Å². The molecule has 1 nitrogen and oxygen atoms in total. The molecule has 0 bridgehead atoms. The Hall–Kier alpha value is -0.820. The summed E-state index contributed by atoms with van der Waals surface area (Å²) in [5.41, 5.74) is 3.12. The van der Waals surface area contributed by atoms with Crippen molar-refractivity contribution in [3.63, 3.8) is 0 Å². The fourth-order valence-corrected chi connectivity index (χ4v) is 2.76. The Bertz CT molecular complexity index is 350. The maximum atomic E-state index is 2.62. The smallest absolute Gasteiger partial charge is 0.0236 e. The molecule has 0 N–H and O–H groups in total. The summed E-state index contributed by atoms with van der Waals surface area (Å²) in [5.74, 6) is 0.799. The maximum absolute atomic E-state index is 2.62. The van der Waals surface area contributed by atoms with Crippen molar-refractivity contribution in [1.29, 1.82) is 0 Å². The number of likely N-dealkylation sites (tertiary alicyclic amines) is 1. The van der Waals surface area contributed by atoms with Crippen LogP contribution in [0.2, 0.25) is 0 Å². The second-order valence-corrected chi connectivity index (χ2v) is 6.04. The summed E-state index contributed by atoms with van der Waals surface area (Å²) >= 11 is 0. The molecule has 0 aliphatic carbocycles. The van der Waals surface area contributed by atoms with Gasteiger partial charge < -0.3 is 0 Å². The zero-order valence-electron chi connectivity index (χ0n) is 12.0. The van der Waals surface area contributed by atoms with Crippen LogP contribution in [-0.4, -0.2) is 18.0 Å². The minimum atomic E-state index is 0.799. The predicted octanol–water partition coefficient (Wildman–Crippen LogP) is 4.26. The number of hydrogen-bond acceptors (Lipinski definition) is 1. The van der Waals surface area contributed by atoms with Gasteiger partial charge in [-0.25, -0.2) is 0 Å². The predicted molar refractivity (Wildman–Crippen MR) is 78.7 cm³/mol. The number of aryl methyl sites for hydroxylation is 1. The molecular weight excluding hydrogens is 218 g/mol. The highest BCUT2D eigenvalue weighted by molar-refractivity contribution is 5.27. The average Bonchev–Trinajstić information content (AvgIpc) is 2.39. The number of benzene rings is 1. The van der Waals surface area contributed by atoms with E-state index in [-0.39, 0.29) is 0 Å². The molecule has 0 radical (unpaired) electrons. The molecule has 1 fully saturated rings. The Labute approximate surface area is 112 Å². The highest BCUT2D eigenvalue weighted by Crippen LogP contribution is 2.18.